The minimum atomic E-state index is 0.306. The molecule has 1 heterocycles. The Bertz CT molecular complexity index is 534. The second-order valence-electron chi connectivity index (χ2n) is 4.54. The molecule has 0 radical (unpaired) electrons. The van der Waals surface area contributed by atoms with Gasteiger partial charge in [-0.25, -0.2) is 0 Å². The molecule has 0 aliphatic heterocycles. The van der Waals surface area contributed by atoms with Crippen molar-refractivity contribution in [1.29, 1.82) is 0 Å². The number of benzene rings is 1. The van der Waals surface area contributed by atoms with Gasteiger partial charge in [0, 0.05) is 35.9 Å². The van der Waals surface area contributed by atoms with Crippen LogP contribution >= 0.6 is 15.9 Å². The van der Waals surface area contributed by atoms with Crippen LogP contribution < -0.4 is 5.32 Å². The molecule has 0 bridgehead atoms. The first-order valence-electron chi connectivity index (χ1n) is 6.05. The van der Waals surface area contributed by atoms with Gasteiger partial charge < -0.3 is 5.32 Å². The molecule has 0 amide bonds. The van der Waals surface area contributed by atoms with Gasteiger partial charge in [0.1, 0.15) is 0 Å². The van der Waals surface area contributed by atoms with Crippen molar-refractivity contribution < 1.29 is 0 Å². The fraction of sp³-hybridized carbons (Fsp3) is 0.357. The third-order valence-corrected chi connectivity index (χ3v) is 3.81. The van der Waals surface area contributed by atoms with Crippen LogP contribution in [0.25, 0.3) is 0 Å². The van der Waals surface area contributed by atoms with E-state index in [0.717, 1.165) is 16.7 Å². The lowest BCUT2D eigenvalue weighted by Gasteiger charge is -2.15. The van der Waals surface area contributed by atoms with Gasteiger partial charge in [-0.05, 0) is 25.5 Å². The number of aromatic nitrogens is 2. The summed E-state index contributed by atoms with van der Waals surface area (Å²) in [5.74, 6) is 0. The molecule has 4 heteroatoms. The monoisotopic (exact) mass is 307 g/mol. The van der Waals surface area contributed by atoms with Crippen LogP contribution in [-0.2, 0) is 13.6 Å². The van der Waals surface area contributed by atoms with Gasteiger partial charge in [-0.3, -0.25) is 4.68 Å². The van der Waals surface area contributed by atoms with Gasteiger partial charge >= 0.3 is 0 Å². The van der Waals surface area contributed by atoms with Crippen molar-refractivity contribution in [3.8, 4) is 0 Å². The molecule has 0 aliphatic rings. The number of nitrogens with zero attached hydrogens (tertiary/aromatic N) is 2. The molecule has 0 saturated heterocycles. The first kappa shape index (κ1) is 13.3. The molecule has 1 aromatic heterocycles. The second kappa shape index (κ2) is 5.67. The number of nitrogens with one attached hydrogen (secondary N) is 1. The molecule has 18 heavy (non-hydrogen) atoms. The van der Waals surface area contributed by atoms with E-state index in [1.54, 1.807) is 0 Å². The first-order chi connectivity index (χ1) is 8.58. The molecule has 1 aromatic carbocycles. The number of hydrogen-bond acceptors (Lipinski definition) is 2. The maximum absolute atomic E-state index is 4.35. The number of rotatable bonds is 4. The lowest BCUT2D eigenvalue weighted by molar-refractivity contribution is 0.571. The largest absolute Gasteiger partial charge is 0.306 e. The third-order valence-electron chi connectivity index (χ3n) is 3.09. The molecular weight excluding hydrogens is 290 g/mol. The molecule has 0 fully saturated rings. The van der Waals surface area contributed by atoms with Gasteiger partial charge in [0.2, 0.25) is 0 Å². The van der Waals surface area contributed by atoms with E-state index < -0.39 is 0 Å². The van der Waals surface area contributed by atoms with Gasteiger partial charge in [-0.1, -0.05) is 34.1 Å². The summed E-state index contributed by atoms with van der Waals surface area (Å²) < 4.78 is 3.00. The van der Waals surface area contributed by atoms with E-state index in [1.807, 2.05) is 24.7 Å². The zero-order valence-corrected chi connectivity index (χ0v) is 12.5. The summed E-state index contributed by atoms with van der Waals surface area (Å²) in [5.41, 5.74) is 3.61. The van der Waals surface area contributed by atoms with E-state index in [-0.39, 0.29) is 0 Å². The molecule has 3 nitrogen and oxygen atoms in total. The van der Waals surface area contributed by atoms with Crippen LogP contribution in [0.3, 0.4) is 0 Å². The van der Waals surface area contributed by atoms with Gasteiger partial charge in [0.25, 0.3) is 0 Å². The topological polar surface area (TPSA) is 29.9 Å². The molecule has 0 unspecified atom stereocenters. The Balaban J connectivity index is 2.03. The van der Waals surface area contributed by atoms with Crippen LogP contribution in [0.1, 0.15) is 29.8 Å². The summed E-state index contributed by atoms with van der Waals surface area (Å²) in [4.78, 5) is 0. The van der Waals surface area contributed by atoms with E-state index in [2.05, 4.69) is 57.7 Å². The lowest BCUT2D eigenvalue weighted by Crippen LogP contribution is -2.18. The van der Waals surface area contributed by atoms with Gasteiger partial charge in [-0.2, -0.15) is 5.10 Å². The van der Waals surface area contributed by atoms with Crippen LogP contribution in [0.15, 0.2) is 34.9 Å². The highest BCUT2D eigenvalue weighted by molar-refractivity contribution is 9.10. The molecule has 0 aliphatic carbocycles. The summed E-state index contributed by atoms with van der Waals surface area (Å²) in [7, 11) is 1.95. The molecule has 96 valence electrons. The lowest BCUT2D eigenvalue weighted by atomic mass is 10.1. The maximum Gasteiger partial charge on any atom is 0.0638 e. The van der Waals surface area contributed by atoms with Crippen LogP contribution in [0.2, 0.25) is 0 Å². The summed E-state index contributed by atoms with van der Waals surface area (Å²) in [6, 6.07) is 8.61. The fourth-order valence-corrected chi connectivity index (χ4v) is 2.65. The average molecular weight is 308 g/mol. The van der Waals surface area contributed by atoms with Crippen molar-refractivity contribution in [3.63, 3.8) is 0 Å². The minimum absolute atomic E-state index is 0.306. The summed E-state index contributed by atoms with van der Waals surface area (Å²) >= 11 is 3.59. The van der Waals surface area contributed by atoms with E-state index in [1.165, 1.54) is 11.1 Å². The summed E-state index contributed by atoms with van der Waals surface area (Å²) in [6.07, 6.45) is 2.06. The predicted molar refractivity (Wildman–Crippen MR) is 77.3 cm³/mol. The molecule has 1 atom stereocenters. The molecule has 2 rings (SSSR count). The Morgan fingerprint density at radius 1 is 1.39 bits per heavy atom. The van der Waals surface area contributed by atoms with Crippen molar-refractivity contribution >= 4 is 15.9 Å². The van der Waals surface area contributed by atoms with Crippen molar-refractivity contribution in [2.45, 2.75) is 26.4 Å². The standard InChI is InChI=1S/C14H18BrN3/c1-10-12(9-18(3)17-10)8-16-11(2)13-6-4-5-7-14(13)15/h4-7,9,11,16H,8H2,1-3H3/t11-/m1/s1. The van der Waals surface area contributed by atoms with Crippen LogP contribution in [0, 0.1) is 6.92 Å². The quantitative estimate of drug-likeness (QED) is 0.939. The molecule has 0 spiro atoms. The highest BCUT2D eigenvalue weighted by Gasteiger charge is 2.09. The third kappa shape index (κ3) is 3.00. The van der Waals surface area contributed by atoms with Gasteiger partial charge in [-0.15, -0.1) is 0 Å². The summed E-state index contributed by atoms with van der Waals surface area (Å²) in [6.45, 7) is 5.05. The Hall–Kier alpha value is -1.13. The van der Waals surface area contributed by atoms with E-state index in [9.17, 15) is 0 Å². The minimum Gasteiger partial charge on any atom is -0.306 e. The smallest absolute Gasteiger partial charge is 0.0638 e. The second-order valence-corrected chi connectivity index (χ2v) is 5.39. The van der Waals surface area contributed by atoms with Crippen LogP contribution in [0.4, 0.5) is 0 Å². The zero-order valence-electron chi connectivity index (χ0n) is 10.9. The Kier molecular flexibility index (Phi) is 4.19. The van der Waals surface area contributed by atoms with Crippen molar-refractivity contribution in [3.05, 3.63) is 51.8 Å². The Labute approximate surface area is 116 Å². The number of aryl methyl sites for hydroxylation is 2. The fourth-order valence-electron chi connectivity index (χ4n) is 2.02. The molecule has 0 saturated carbocycles. The molecule has 2 aromatic rings. The van der Waals surface area contributed by atoms with Gasteiger partial charge in [0.15, 0.2) is 0 Å². The predicted octanol–water partition coefficient (Wildman–Crippen LogP) is 3.34. The van der Waals surface area contributed by atoms with Crippen molar-refractivity contribution in [2.75, 3.05) is 0 Å². The normalized spacial score (nSPS) is 12.7. The van der Waals surface area contributed by atoms with Crippen LogP contribution in [0.5, 0.6) is 0 Å². The summed E-state index contributed by atoms with van der Waals surface area (Å²) in [5, 5.41) is 7.87. The maximum atomic E-state index is 4.35. The SMILES string of the molecule is Cc1nn(C)cc1CN[C@H](C)c1ccccc1Br. The average Bonchev–Trinajstić information content (AvgIpc) is 2.65. The zero-order chi connectivity index (χ0) is 13.1. The highest BCUT2D eigenvalue weighted by atomic mass is 79.9. The van der Waals surface area contributed by atoms with Crippen molar-refractivity contribution in [2.24, 2.45) is 7.05 Å². The Morgan fingerprint density at radius 2 is 2.11 bits per heavy atom. The number of halogens is 1. The van der Waals surface area contributed by atoms with Gasteiger partial charge in [0.05, 0.1) is 5.69 Å². The van der Waals surface area contributed by atoms with Crippen molar-refractivity contribution in [1.82, 2.24) is 15.1 Å². The molecule has 1 N–H and O–H groups in total. The van der Waals surface area contributed by atoms with E-state index in [4.69, 9.17) is 0 Å². The highest BCUT2D eigenvalue weighted by Crippen LogP contribution is 2.23. The Morgan fingerprint density at radius 3 is 2.72 bits per heavy atom. The van der Waals surface area contributed by atoms with E-state index in [0.29, 0.717) is 6.04 Å². The van der Waals surface area contributed by atoms with Crippen LogP contribution in [-0.4, -0.2) is 9.78 Å². The first-order valence-corrected chi connectivity index (χ1v) is 6.84. The molecular formula is C14H18BrN3. The number of hydrogen-bond donors (Lipinski definition) is 1. The van der Waals surface area contributed by atoms with E-state index >= 15 is 0 Å².